The molecule has 0 unspecified atom stereocenters. The van der Waals surface area contributed by atoms with Crippen LogP contribution in [0.1, 0.15) is 10.4 Å². The lowest BCUT2D eigenvalue weighted by atomic mass is 10.2. The predicted octanol–water partition coefficient (Wildman–Crippen LogP) is 0.0288. The Hall–Kier alpha value is -2.00. The second-order valence-corrected chi connectivity index (χ2v) is 4.51. The van der Waals surface area contributed by atoms with Gasteiger partial charge in [0.2, 0.25) is 10.0 Å². The van der Waals surface area contributed by atoms with Crippen molar-refractivity contribution in [2.75, 3.05) is 7.11 Å². The van der Waals surface area contributed by atoms with E-state index in [1.54, 1.807) is 0 Å². The summed E-state index contributed by atoms with van der Waals surface area (Å²) in [7, 11) is -3.12. The minimum atomic E-state index is -4.22. The van der Waals surface area contributed by atoms with Gasteiger partial charge in [-0.2, -0.15) is 0 Å². The fourth-order valence-corrected chi connectivity index (χ4v) is 1.83. The summed E-state index contributed by atoms with van der Waals surface area (Å²) in [6.07, 6.45) is 0. The quantitative estimate of drug-likeness (QED) is 0.463. The van der Waals surface area contributed by atoms with Crippen LogP contribution in [0.5, 0.6) is 0 Å². The number of ether oxygens (including phenoxy) is 1. The number of carbonyl (C=O) groups excluding carboxylic acids is 1. The van der Waals surface area contributed by atoms with Crippen LogP contribution in [0.15, 0.2) is 23.1 Å². The fourth-order valence-electron chi connectivity index (χ4n) is 1.15. The normalized spacial score (nSPS) is 10.9. The van der Waals surface area contributed by atoms with Crippen molar-refractivity contribution in [3.63, 3.8) is 0 Å². The monoisotopic (exact) mass is 260 g/mol. The number of nitro benzene ring substituents is 1. The van der Waals surface area contributed by atoms with Gasteiger partial charge in [-0.15, -0.1) is 0 Å². The summed E-state index contributed by atoms with van der Waals surface area (Å²) in [6, 6.07) is 2.77. The summed E-state index contributed by atoms with van der Waals surface area (Å²) in [5.74, 6) is -0.811. The molecule has 0 spiro atoms. The second-order valence-electron chi connectivity index (χ2n) is 2.98. The highest BCUT2D eigenvalue weighted by Gasteiger charge is 2.24. The van der Waals surface area contributed by atoms with Gasteiger partial charge >= 0.3 is 5.97 Å². The Morgan fingerprint density at radius 2 is 2.06 bits per heavy atom. The molecule has 8 nitrogen and oxygen atoms in total. The van der Waals surface area contributed by atoms with Crippen molar-refractivity contribution in [3.8, 4) is 0 Å². The Bertz CT molecular complexity index is 580. The third-order valence-electron chi connectivity index (χ3n) is 1.88. The Labute approximate surface area is 96.2 Å². The lowest BCUT2D eigenvalue weighted by Crippen LogP contribution is -2.15. The van der Waals surface area contributed by atoms with Crippen molar-refractivity contribution >= 4 is 21.7 Å². The van der Waals surface area contributed by atoms with Crippen molar-refractivity contribution in [1.29, 1.82) is 0 Å². The molecule has 0 aliphatic rings. The molecule has 92 valence electrons. The smallest absolute Gasteiger partial charge is 0.338 e. The first-order valence-electron chi connectivity index (χ1n) is 4.17. The Kier molecular flexibility index (Phi) is 3.44. The molecule has 2 N–H and O–H groups in total. The fraction of sp³-hybridized carbons (Fsp3) is 0.125. The minimum Gasteiger partial charge on any atom is -0.465 e. The molecular formula is C8H8N2O6S. The summed E-state index contributed by atoms with van der Waals surface area (Å²) < 4.78 is 26.5. The zero-order valence-electron chi connectivity index (χ0n) is 8.61. The minimum absolute atomic E-state index is 0.133. The van der Waals surface area contributed by atoms with E-state index < -0.39 is 31.5 Å². The van der Waals surface area contributed by atoms with E-state index in [4.69, 9.17) is 5.14 Å². The van der Waals surface area contributed by atoms with Gasteiger partial charge in [0.15, 0.2) is 4.90 Å². The number of hydrogen-bond donors (Lipinski definition) is 1. The third kappa shape index (κ3) is 2.77. The van der Waals surface area contributed by atoms with E-state index in [-0.39, 0.29) is 5.56 Å². The highest BCUT2D eigenvalue weighted by molar-refractivity contribution is 7.89. The first-order chi connectivity index (χ1) is 7.77. The zero-order chi connectivity index (χ0) is 13.2. The van der Waals surface area contributed by atoms with E-state index >= 15 is 0 Å². The number of esters is 1. The first kappa shape index (κ1) is 13.1. The van der Waals surface area contributed by atoms with Gasteiger partial charge in [-0.25, -0.2) is 18.4 Å². The summed E-state index contributed by atoms with van der Waals surface area (Å²) in [4.78, 5) is 20.2. The van der Waals surface area contributed by atoms with E-state index in [0.717, 1.165) is 25.3 Å². The van der Waals surface area contributed by atoms with Gasteiger partial charge in [0.1, 0.15) is 0 Å². The molecular weight excluding hydrogens is 252 g/mol. The SMILES string of the molecule is COC(=O)c1ccc(S(N)(=O)=O)c([N+](=O)[O-])c1. The van der Waals surface area contributed by atoms with Gasteiger partial charge in [0.05, 0.1) is 17.6 Å². The lowest BCUT2D eigenvalue weighted by Gasteiger charge is -2.03. The number of rotatable bonds is 3. The van der Waals surface area contributed by atoms with Crippen LogP contribution >= 0.6 is 0 Å². The highest BCUT2D eigenvalue weighted by atomic mass is 32.2. The van der Waals surface area contributed by atoms with Crippen molar-refractivity contribution < 1.29 is 22.9 Å². The van der Waals surface area contributed by atoms with Crippen LogP contribution in [0, 0.1) is 10.1 Å². The summed E-state index contributed by atoms with van der Waals surface area (Å²) in [6.45, 7) is 0. The maximum atomic E-state index is 11.1. The van der Waals surface area contributed by atoms with E-state index in [2.05, 4.69) is 4.74 Å². The zero-order valence-corrected chi connectivity index (χ0v) is 9.43. The van der Waals surface area contributed by atoms with E-state index in [9.17, 15) is 23.3 Å². The molecule has 1 aromatic carbocycles. The third-order valence-corrected chi connectivity index (χ3v) is 2.84. The molecule has 0 atom stereocenters. The molecule has 0 aliphatic heterocycles. The number of benzene rings is 1. The van der Waals surface area contributed by atoms with Gasteiger partial charge in [-0.1, -0.05) is 0 Å². The van der Waals surface area contributed by atoms with Gasteiger partial charge in [-0.3, -0.25) is 10.1 Å². The molecule has 9 heteroatoms. The molecule has 0 heterocycles. The van der Waals surface area contributed by atoms with Crippen LogP contribution in [-0.4, -0.2) is 26.4 Å². The number of methoxy groups -OCH3 is 1. The lowest BCUT2D eigenvalue weighted by molar-refractivity contribution is -0.387. The second kappa shape index (κ2) is 4.47. The summed E-state index contributed by atoms with van der Waals surface area (Å²) in [5.41, 5.74) is -0.901. The van der Waals surface area contributed by atoms with Gasteiger partial charge in [0, 0.05) is 6.07 Å². The average Bonchev–Trinajstić information content (AvgIpc) is 2.25. The molecule has 0 aliphatic carbocycles. The van der Waals surface area contributed by atoms with Gasteiger partial charge in [-0.05, 0) is 12.1 Å². The molecule has 17 heavy (non-hydrogen) atoms. The Morgan fingerprint density at radius 3 is 2.47 bits per heavy atom. The Morgan fingerprint density at radius 1 is 1.47 bits per heavy atom. The molecule has 0 saturated heterocycles. The maximum absolute atomic E-state index is 11.1. The highest BCUT2D eigenvalue weighted by Crippen LogP contribution is 2.24. The molecule has 1 aromatic rings. The molecule has 0 radical (unpaired) electrons. The number of hydrogen-bond acceptors (Lipinski definition) is 6. The van der Waals surface area contributed by atoms with Crippen molar-refractivity contribution in [2.24, 2.45) is 5.14 Å². The van der Waals surface area contributed by atoms with Crippen molar-refractivity contribution in [3.05, 3.63) is 33.9 Å². The van der Waals surface area contributed by atoms with E-state index in [0.29, 0.717) is 0 Å². The van der Waals surface area contributed by atoms with Gasteiger partial charge in [0.25, 0.3) is 5.69 Å². The van der Waals surface area contributed by atoms with E-state index in [1.165, 1.54) is 0 Å². The molecule has 1 rings (SSSR count). The molecule has 0 aromatic heterocycles. The number of carbonyl (C=O) groups is 1. The number of nitro groups is 1. The van der Waals surface area contributed by atoms with Crippen LogP contribution in [0.2, 0.25) is 0 Å². The standard InChI is InChI=1S/C8H8N2O6S/c1-16-8(11)5-2-3-7(17(9,14)15)6(4-5)10(12)13/h2-4H,1H3,(H2,9,14,15). The molecule has 0 amide bonds. The summed E-state index contributed by atoms with van der Waals surface area (Å²) >= 11 is 0. The van der Waals surface area contributed by atoms with Crippen LogP contribution in [0.4, 0.5) is 5.69 Å². The van der Waals surface area contributed by atoms with Gasteiger partial charge < -0.3 is 4.74 Å². The largest absolute Gasteiger partial charge is 0.465 e. The number of primary sulfonamides is 1. The number of sulfonamides is 1. The van der Waals surface area contributed by atoms with Crippen LogP contribution in [0.3, 0.4) is 0 Å². The van der Waals surface area contributed by atoms with Crippen LogP contribution in [0.25, 0.3) is 0 Å². The molecule has 0 fully saturated rings. The average molecular weight is 260 g/mol. The molecule has 0 bridgehead atoms. The maximum Gasteiger partial charge on any atom is 0.338 e. The first-order valence-corrected chi connectivity index (χ1v) is 5.71. The topological polar surface area (TPSA) is 130 Å². The number of nitrogens with zero attached hydrogens (tertiary/aromatic N) is 1. The predicted molar refractivity (Wildman–Crippen MR) is 55.8 cm³/mol. The van der Waals surface area contributed by atoms with Crippen LogP contribution < -0.4 is 5.14 Å². The molecule has 0 saturated carbocycles. The van der Waals surface area contributed by atoms with Crippen molar-refractivity contribution in [1.82, 2.24) is 0 Å². The Balaban J connectivity index is 3.48. The van der Waals surface area contributed by atoms with Crippen molar-refractivity contribution in [2.45, 2.75) is 4.90 Å². The van der Waals surface area contributed by atoms with E-state index in [1.807, 2.05) is 0 Å². The van der Waals surface area contributed by atoms with Crippen LogP contribution in [-0.2, 0) is 14.8 Å². The summed E-state index contributed by atoms with van der Waals surface area (Å²) in [5, 5.41) is 15.5. The number of nitrogens with two attached hydrogens (primary N) is 1.